The molecule has 0 radical (unpaired) electrons. The van der Waals surface area contributed by atoms with Crippen molar-refractivity contribution in [3.63, 3.8) is 0 Å². The minimum Gasteiger partial charge on any atom is -0.464 e. The van der Waals surface area contributed by atoms with E-state index in [4.69, 9.17) is 39.5 Å². The third kappa shape index (κ3) is 6.11. The first-order valence-electron chi connectivity index (χ1n) is 9.45. The molecule has 1 unspecified atom stereocenters. The lowest BCUT2D eigenvalue weighted by Crippen LogP contribution is -2.46. The molecule has 0 bridgehead atoms. The lowest BCUT2D eigenvalue weighted by molar-refractivity contribution is 0.0869. The summed E-state index contributed by atoms with van der Waals surface area (Å²) in [7, 11) is 0. The molecule has 5 nitrogen and oxygen atoms in total. The van der Waals surface area contributed by atoms with Gasteiger partial charge in [0.05, 0.1) is 17.7 Å². The number of rotatable bonds is 7. The molecule has 31 heavy (non-hydrogen) atoms. The van der Waals surface area contributed by atoms with Gasteiger partial charge in [-0.2, -0.15) is 0 Å². The molecule has 3 rings (SSSR count). The quantitative estimate of drug-likeness (QED) is 0.455. The Bertz CT molecular complexity index is 1050. The molecule has 0 spiro atoms. The number of aromatic nitrogens is 1. The molecule has 0 fully saturated rings. The summed E-state index contributed by atoms with van der Waals surface area (Å²) < 4.78 is 6.15. The maximum absolute atomic E-state index is 12.4. The van der Waals surface area contributed by atoms with Gasteiger partial charge in [-0.1, -0.05) is 53.0 Å². The van der Waals surface area contributed by atoms with Crippen molar-refractivity contribution in [2.45, 2.75) is 25.5 Å². The van der Waals surface area contributed by atoms with Gasteiger partial charge in [0.1, 0.15) is 0 Å². The molecule has 1 aromatic heterocycles. The second-order valence-electron chi connectivity index (χ2n) is 7.60. The highest BCUT2D eigenvalue weighted by atomic mass is 35.5. The number of ether oxygens (including phenoxy) is 1. The number of halogens is 3. The number of nitrogens with zero attached hydrogens (tertiary/aromatic N) is 1. The van der Waals surface area contributed by atoms with E-state index in [-0.39, 0.29) is 12.5 Å². The second-order valence-corrected chi connectivity index (χ2v) is 8.88. The average molecular weight is 480 g/mol. The van der Waals surface area contributed by atoms with Gasteiger partial charge >= 0.3 is 0 Å². The standard InChI is InChI=1S/C23H21Cl3N2O3/c1-23(2,13-29)28-22(30)15-5-10-20(27-12-15)31-21(14-3-6-16(24)7-4-14)18-9-8-17(25)11-19(18)26/h3-12,21,29H,13H2,1-2H3,(H,28,30). The Balaban J connectivity index is 1.88. The second kappa shape index (κ2) is 9.88. The molecule has 1 atom stereocenters. The average Bonchev–Trinajstić information content (AvgIpc) is 2.73. The molecule has 2 N–H and O–H groups in total. The summed E-state index contributed by atoms with van der Waals surface area (Å²) in [6.45, 7) is 3.27. The minimum absolute atomic E-state index is 0.183. The number of benzene rings is 2. The molecule has 0 aliphatic rings. The van der Waals surface area contributed by atoms with Gasteiger partial charge in [-0.05, 0) is 49.7 Å². The first kappa shape index (κ1) is 23.4. The summed E-state index contributed by atoms with van der Waals surface area (Å²) in [5.41, 5.74) is 1.14. The smallest absolute Gasteiger partial charge is 0.253 e. The first-order valence-corrected chi connectivity index (χ1v) is 10.6. The predicted octanol–water partition coefficient (Wildman–Crippen LogP) is 5.71. The molecule has 0 saturated heterocycles. The number of nitrogens with one attached hydrogen (secondary N) is 1. The fourth-order valence-corrected chi connectivity index (χ4v) is 3.42. The van der Waals surface area contributed by atoms with Gasteiger partial charge < -0.3 is 15.2 Å². The van der Waals surface area contributed by atoms with E-state index >= 15 is 0 Å². The molecule has 1 heterocycles. The van der Waals surface area contributed by atoms with Crippen LogP contribution in [0.4, 0.5) is 0 Å². The van der Waals surface area contributed by atoms with Crippen molar-refractivity contribution < 1.29 is 14.6 Å². The van der Waals surface area contributed by atoms with E-state index in [2.05, 4.69) is 10.3 Å². The molecular formula is C23H21Cl3N2O3. The number of carbonyl (C=O) groups is 1. The SMILES string of the molecule is CC(C)(CO)NC(=O)c1ccc(OC(c2ccc(Cl)cc2)c2ccc(Cl)cc2Cl)nc1. The molecule has 8 heteroatoms. The van der Waals surface area contributed by atoms with E-state index in [1.165, 1.54) is 6.20 Å². The van der Waals surface area contributed by atoms with Crippen molar-refractivity contribution in [1.82, 2.24) is 10.3 Å². The van der Waals surface area contributed by atoms with Crippen LogP contribution >= 0.6 is 34.8 Å². The van der Waals surface area contributed by atoms with Gasteiger partial charge in [0.25, 0.3) is 5.91 Å². The number of carbonyl (C=O) groups excluding carboxylic acids is 1. The Hall–Kier alpha value is -2.31. The van der Waals surface area contributed by atoms with Gasteiger partial charge in [-0.3, -0.25) is 4.79 Å². The minimum atomic E-state index is -0.739. The maximum atomic E-state index is 12.4. The molecule has 1 amide bonds. The van der Waals surface area contributed by atoms with Crippen LogP contribution in [0.2, 0.25) is 15.1 Å². The number of hydrogen-bond acceptors (Lipinski definition) is 4. The summed E-state index contributed by atoms with van der Waals surface area (Å²) in [4.78, 5) is 16.6. The van der Waals surface area contributed by atoms with Gasteiger partial charge in [-0.25, -0.2) is 4.98 Å². The Morgan fingerprint density at radius 2 is 1.74 bits per heavy atom. The van der Waals surface area contributed by atoms with Crippen molar-refractivity contribution in [2.24, 2.45) is 0 Å². The fraction of sp³-hybridized carbons (Fsp3) is 0.217. The van der Waals surface area contributed by atoms with Gasteiger partial charge in [-0.15, -0.1) is 0 Å². The van der Waals surface area contributed by atoms with Crippen LogP contribution in [0.15, 0.2) is 60.8 Å². The molecule has 0 saturated carbocycles. The highest BCUT2D eigenvalue weighted by Gasteiger charge is 2.22. The third-order valence-corrected chi connectivity index (χ3v) is 5.32. The Labute approximate surface area is 195 Å². The number of pyridine rings is 1. The fourth-order valence-electron chi connectivity index (χ4n) is 2.79. The molecular weight excluding hydrogens is 459 g/mol. The number of hydrogen-bond donors (Lipinski definition) is 2. The lowest BCUT2D eigenvalue weighted by atomic mass is 10.0. The summed E-state index contributed by atoms with van der Waals surface area (Å²) in [5.74, 6) is -0.0305. The van der Waals surface area contributed by atoms with Crippen molar-refractivity contribution in [1.29, 1.82) is 0 Å². The van der Waals surface area contributed by atoms with Crippen molar-refractivity contribution in [3.8, 4) is 5.88 Å². The normalized spacial score (nSPS) is 12.3. The van der Waals surface area contributed by atoms with Gasteiger partial charge in [0, 0.05) is 32.9 Å². The molecule has 3 aromatic rings. The Kier molecular flexibility index (Phi) is 7.44. The van der Waals surface area contributed by atoms with E-state index in [1.807, 2.05) is 12.1 Å². The van der Waals surface area contributed by atoms with Crippen LogP contribution in [0.5, 0.6) is 5.88 Å². The highest BCUT2D eigenvalue weighted by Crippen LogP contribution is 2.34. The topological polar surface area (TPSA) is 71.5 Å². The molecule has 2 aromatic carbocycles. The van der Waals surface area contributed by atoms with Crippen LogP contribution in [0, 0.1) is 0 Å². The number of amides is 1. The first-order chi connectivity index (χ1) is 14.7. The monoisotopic (exact) mass is 478 g/mol. The predicted molar refractivity (Wildman–Crippen MR) is 123 cm³/mol. The summed E-state index contributed by atoms with van der Waals surface area (Å²) in [5, 5.41) is 13.6. The van der Waals surface area contributed by atoms with E-state index in [0.29, 0.717) is 32.1 Å². The molecule has 162 valence electrons. The Morgan fingerprint density at radius 3 is 2.32 bits per heavy atom. The van der Waals surface area contributed by atoms with E-state index in [9.17, 15) is 9.90 Å². The Morgan fingerprint density at radius 1 is 1.06 bits per heavy atom. The van der Waals surface area contributed by atoms with Crippen molar-refractivity contribution in [2.75, 3.05) is 6.61 Å². The van der Waals surface area contributed by atoms with E-state index in [0.717, 1.165) is 5.56 Å². The lowest BCUT2D eigenvalue weighted by Gasteiger charge is -2.23. The molecule has 0 aliphatic heterocycles. The van der Waals surface area contributed by atoms with Crippen LogP contribution in [0.25, 0.3) is 0 Å². The van der Waals surface area contributed by atoms with Crippen molar-refractivity contribution >= 4 is 40.7 Å². The number of aliphatic hydroxyl groups is 1. The number of aliphatic hydroxyl groups excluding tert-OH is 1. The summed E-state index contributed by atoms with van der Waals surface area (Å²) >= 11 is 18.5. The van der Waals surface area contributed by atoms with Gasteiger partial charge in [0.2, 0.25) is 5.88 Å². The van der Waals surface area contributed by atoms with Crippen LogP contribution in [-0.2, 0) is 0 Å². The highest BCUT2D eigenvalue weighted by molar-refractivity contribution is 6.35. The molecule has 0 aliphatic carbocycles. The maximum Gasteiger partial charge on any atom is 0.253 e. The van der Waals surface area contributed by atoms with Crippen LogP contribution in [-0.4, -0.2) is 28.1 Å². The zero-order valence-electron chi connectivity index (χ0n) is 16.9. The van der Waals surface area contributed by atoms with E-state index < -0.39 is 11.6 Å². The van der Waals surface area contributed by atoms with Crippen LogP contribution in [0.1, 0.15) is 41.4 Å². The van der Waals surface area contributed by atoms with Crippen LogP contribution in [0.3, 0.4) is 0 Å². The zero-order valence-corrected chi connectivity index (χ0v) is 19.2. The van der Waals surface area contributed by atoms with Crippen LogP contribution < -0.4 is 10.1 Å². The summed E-state index contributed by atoms with van der Waals surface area (Å²) in [6.07, 6.45) is 0.850. The van der Waals surface area contributed by atoms with Gasteiger partial charge in [0.15, 0.2) is 6.10 Å². The van der Waals surface area contributed by atoms with E-state index in [1.54, 1.807) is 56.3 Å². The summed E-state index contributed by atoms with van der Waals surface area (Å²) in [6, 6.07) is 15.6. The third-order valence-electron chi connectivity index (χ3n) is 4.50. The largest absolute Gasteiger partial charge is 0.464 e. The zero-order chi connectivity index (χ0) is 22.6. The van der Waals surface area contributed by atoms with Crippen molar-refractivity contribution in [3.05, 3.63) is 92.6 Å².